The van der Waals surface area contributed by atoms with Gasteiger partial charge in [0.1, 0.15) is 11.5 Å². The number of rotatable bonds is 3. The molecule has 0 unspecified atom stereocenters. The monoisotopic (exact) mass is 394 g/mol. The molecule has 5 aromatic carbocycles. The lowest BCUT2D eigenvalue weighted by molar-refractivity contribution is 0.494. The first-order valence-electron chi connectivity index (χ1n) is 10.0. The Kier molecular flexibility index (Phi) is 4.64. The summed E-state index contributed by atoms with van der Waals surface area (Å²) in [5, 5.41) is 4.37. The van der Waals surface area contributed by atoms with Crippen LogP contribution >= 0.6 is 0 Å². The first kappa shape index (κ1) is 18.6. The van der Waals surface area contributed by atoms with E-state index in [4.69, 9.17) is 17.6 Å². The van der Waals surface area contributed by atoms with Gasteiger partial charge in [0, 0.05) is 21.9 Å². The van der Waals surface area contributed by atoms with Gasteiger partial charge in [0.05, 0.1) is 0 Å². The Bertz CT molecular complexity index is 1430. The van der Waals surface area contributed by atoms with E-state index in [0.717, 1.165) is 49.7 Å². The molecule has 1 heteroatoms. The molecule has 5 aromatic rings. The number of hydrogen-bond acceptors (Lipinski definition) is 1. The Hall–Kier alpha value is -4.46. The van der Waals surface area contributed by atoms with Crippen molar-refractivity contribution in [2.24, 2.45) is 0 Å². The Morgan fingerprint density at radius 1 is 0.516 bits per heavy atom. The topological polar surface area (TPSA) is 9.23 Å². The average Bonchev–Trinajstić information content (AvgIpc) is 2.84. The average molecular weight is 394 g/mol. The smallest absolute Gasteiger partial charge is 0.143 e. The zero-order valence-electron chi connectivity index (χ0n) is 16.8. The molecular formula is C30H18O. The van der Waals surface area contributed by atoms with Crippen molar-refractivity contribution < 1.29 is 4.74 Å². The Morgan fingerprint density at radius 2 is 0.968 bits per heavy atom. The highest BCUT2D eigenvalue weighted by Crippen LogP contribution is 2.44. The molecule has 0 fully saturated rings. The van der Waals surface area contributed by atoms with E-state index in [-0.39, 0.29) is 0 Å². The van der Waals surface area contributed by atoms with Crippen LogP contribution in [0.2, 0.25) is 0 Å². The molecule has 0 radical (unpaired) electrons. The maximum Gasteiger partial charge on any atom is 0.143 e. The van der Waals surface area contributed by atoms with Gasteiger partial charge in [-0.1, -0.05) is 72.5 Å². The third-order valence-electron chi connectivity index (χ3n) is 5.46. The van der Waals surface area contributed by atoms with Crippen LogP contribution in [0.3, 0.4) is 0 Å². The highest BCUT2D eigenvalue weighted by atomic mass is 16.5. The van der Waals surface area contributed by atoms with Crippen LogP contribution in [0.15, 0.2) is 97.1 Å². The van der Waals surface area contributed by atoms with Crippen molar-refractivity contribution >= 4 is 21.5 Å². The van der Waals surface area contributed by atoms with Gasteiger partial charge in [0.2, 0.25) is 0 Å². The Labute approximate surface area is 181 Å². The molecule has 0 N–H and O–H groups in total. The molecule has 0 amide bonds. The quantitative estimate of drug-likeness (QED) is 0.229. The second-order valence-corrected chi connectivity index (χ2v) is 7.29. The molecule has 0 saturated heterocycles. The van der Waals surface area contributed by atoms with Crippen LogP contribution in [0.25, 0.3) is 32.7 Å². The van der Waals surface area contributed by atoms with Crippen molar-refractivity contribution in [3.05, 3.63) is 108 Å². The number of fused-ring (bicyclic) bond motifs is 2. The first-order valence-corrected chi connectivity index (χ1v) is 10.0. The number of hydrogen-bond donors (Lipinski definition) is 0. The van der Waals surface area contributed by atoms with Crippen LogP contribution in [0.1, 0.15) is 11.1 Å². The molecule has 1 nitrogen and oxygen atoms in total. The molecule has 0 saturated carbocycles. The van der Waals surface area contributed by atoms with Gasteiger partial charge >= 0.3 is 0 Å². The molecule has 5 rings (SSSR count). The lowest BCUT2D eigenvalue weighted by Crippen LogP contribution is -1.92. The summed E-state index contributed by atoms with van der Waals surface area (Å²) in [6.45, 7) is 0. The van der Waals surface area contributed by atoms with Crippen LogP contribution in [0.5, 0.6) is 11.5 Å². The second-order valence-electron chi connectivity index (χ2n) is 7.29. The van der Waals surface area contributed by atoms with Crippen LogP contribution in [-0.4, -0.2) is 0 Å². The Morgan fingerprint density at radius 3 is 1.45 bits per heavy atom. The summed E-state index contributed by atoms with van der Waals surface area (Å²) in [5.41, 5.74) is 3.99. The minimum absolute atomic E-state index is 0.750. The van der Waals surface area contributed by atoms with Crippen LogP contribution in [0.4, 0.5) is 0 Å². The molecule has 31 heavy (non-hydrogen) atoms. The van der Waals surface area contributed by atoms with E-state index in [1.54, 1.807) is 0 Å². The van der Waals surface area contributed by atoms with Crippen molar-refractivity contribution in [3.8, 4) is 47.3 Å². The normalized spacial score (nSPS) is 10.5. The van der Waals surface area contributed by atoms with Gasteiger partial charge in [-0.25, -0.2) is 0 Å². The molecule has 0 aromatic heterocycles. The summed E-state index contributed by atoms with van der Waals surface area (Å²) in [6.07, 6.45) is 11.0. The molecule has 144 valence electrons. The van der Waals surface area contributed by atoms with E-state index in [1.807, 2.05) is 48.5 Å². The highest BCUT2D eigenvalue weighted by molar-refractivity contribution is 6.17. The summed E-state index contributed by atoms with van der Waals surface area (Å²) < 4.78 is 6.44. The predicted octanol–water partition coefficient (Wildman–Crippen LogP) is 7.41. The van der Waals surface area contributed by atoms with E-state index in [0.29, 0.717) is 0 Å². The first-order chi connectivity index (χ1) is 15.3. The molecule has 0 atom stereocenters. The number of benzene rings is 5. The fourth-order valence-electron chi connectivity index (χ4n) is 3.98. The molecule has 0 bridgehead atoms. The largest absolute Gasteiger partial charge is 0.456 e. The van der Waals surface area contributed by atoms with Crippen molar-refractivity contribution in [1.29, 1.82) is 0 Å². The van der Waals surface area contributed by atoms with Gasteiger partial charge in [-0.05, 0) is 58.3 Å². The van der Waals surface area contributed by atoms with Gasteiger partial charge in [-0.3, -0.25) is 0 Å². The Balaban J connectivity index is 1.79. The predicted molar refractivity (Wildman–Crippen MR) is 129 cm³/mol. The van der Waals surface area contributed by atoms with Gasteiger partial charge in [-0.2, -0.15) is 0 Å². The van der Waals surface area contributed by atoms with Crippen LogP contribution in [0, 0.1) is 24.7 Å². The lowest BCUT2D eigenvalue weighted by Gasteiger charge is -2.17. The molecule has 0 spiro atoms. The van der Waals surface area contributed by atoms with Gasteiger partial charge in [-0.15, -0.1) is 12.8 Å². The number of ether oxygens (including phenoxy) is 1. The summed E-state index contributed by atoms with van der Waals surface area (Å²) in [6, 6.07) is 32.4. The molecule has 0 aliphatic heterocycles. The van der Waals surface area contributed by atoms with Gasteiger partial charge in [0.25, 0.3) is 0 Å². The maximum atomic E-state index is 6.44. The van der Waals surface area contributed by atoms with Crippen LogP contribution in [-0.2, 0) is 0 Å². The fraction of sp³-hybridized carbons (Fsp3) is 0. The third kappa shape index (κ3) is 3.29. The zero-order valence-corrected chi connectivity index (χ0v) is 16.8. The summed E-state index contributed by atoms with van der Waals surface area (Å²) in [7, 11) is 0. The fourth-order valence-corrected chi connectivity index (χ4v) is 3.98. The van der Waals surface area contributed by atoms with Gasteiger partial charge < -0.3 is 4.74 Å². The minimum Gasteiger partial charge on any atom is -0.456 e. The summed E-state index contributed by atoms with van der Waals surface area (Å²) >= 11 is 0. The van der Waals surface area contributed by atoms with Crippen molar-refractivity contribution in [2.45, 2.75) is 0 Å². The van der Waals surface area contributed by atoms with Crippen LogP contribution < -0.4 is 4.74 Å². The minimum atomic E-state index is 0.750. The van der Waals surface area contributed by atoms with E-state index < -0.39 is 0 Å². The maximum absolute atomic E-state index is 6.44. The van der Waals surface area contributed by atoms with E-state index >= 15 is 0 Å². The standard InChI is InChI=1S/C30H18O/c1-3-21-13-17-23(18-14-21)29-25-9-5-7-11-27(25)30(28-12-8-6-10-26(28)29)31-24-19-15-22(4-2)16-20-24/h1-2,5-20H. The highest BCUT2D eigenvalue weighted by Gasteiger charge is 2.16. The van der Waals surface area contributed by atoms with Crippen molar-refractivity contribution in [3.63, 3.8) is 0 Å². The molecule has 0 aliphatic carbocycles. The summed E-state index contributed by atoms with van der Waals surface area (Å²) in [5.74, 6) is 6.92. The molecular weight excluding hydrogens is 376 g/mol. The molecule has 0 heterocycles. The van der Waals surface area contributed by atoms with Crippen molar-refractivity contribution in [1.82, 2.24) is 0 Å². The molecule has 0 aliphatic rings. The number of terminal acetylenes is 2. The SMILES string of the molecule is C#Cc1ccc(Oc2c3ccccc3c(-c3ccc(C#C)cc3)c3ccccc23)cc1. The van der Waals surface area contributed by atoms with E-state index in [1.165, 1.54) is 5.56 Å². The lowest BCUT2D eigenvalue weighted by atomic mass is 9.91. The van der Waals surface area contributed by atoms with E-state index in [9.17, 15) is 0 Å². The third-order valence-corrected chi connectivity index (χ3v) is 5.46. The summed E-state index contributed by atoms with van der Waals surface area (Å²) in [4.78, 5) is 0. The second kappa shape index (κ2) is 7.75. The van der Waals surface area contributed by atoms with E-state index in [2.05, 4.69) is 60.4 Å². The zero-order chi connectivity index (χ0) is 21.2. The van der Waals surface area contributed by atoms with Crippen molar-refractivity contribution in [2.75, 3.05) is 0 Å². The van der Waals surface area contributed by atoms with Gasteiger partial charge in [0.15, 0.2) is 0 Å².